The maximum atomic E-state index is 12.0. The Hall–Kier alpha value is -1.79. The van der Waals surface area contributed by atoms with Crippen LogP contribution in [0.3, 0.4) is 0 Å². The van der Waals surface area contributed by atoms with Crippen molar-refractivity contribution in [3.63, 3.8) is 0 Å². The molecule has 1 aliphatic carbocycles. The van der Waals surface area contributed by atoms with Crippen LogP contribution in [0.4, 0.5) is 5.69 Å². The molecule has 1 aliphatic rings. The second kappa shape index (κ2) is 5.90. The number of hydrogen-bond donors (Lipinski definition) is 2. The van der Waals surface area contributed by atoms with Gasteiger partial charge < -0.3 is 11.1 Å². The third-order valence-corrected chi connectivity index (χ3v) is 3.53. The Balaban J connectivity index is 2.14. The molecule has 0 heterocycles. The molecule has 0 bridgehead atoms. The van der Waals surface area contributed by atoms with Gasteiger partial charge in [-0.25, -0.2) is 0 Å². The zero-order valence-corrected chi connectivity index (χ0v) is 11.5. The van der Waals surface area contributed by atoms with Crippen molar-refractivity contribution in [2.75, 3.05) is 11.9 Å². The fourth-order valence-corrected chi connectivity index (χ4v) is 2.15. The predicted molar refractivity (Wildman–Crippen MR) is 77.7 cm³/mol. The lowest BCUT2D eigenvalue weighted by atomic mass is 10.1. The molecule has 1 fully saturated rings. The van der Waals surface area contributed by atoms with E-state index in [0.29, 0.717) is 12.5 Å². The third-order valence-electron chi connectivity index (χ3n) is 3.53. The van der Waals surface area contributed by atoms with Crippen LogP contribution in [0.2, 0.25) is 0 Å². The Morgan fingerprint density at radius 2 is 2.26 bits per heavy atom. The van der Waals surface area contributed by atoms with E-state index in [1.165, 1.54) is 0 Å². The minimum Gasteiger partial charge on any atom is -0.326 e. The fraction of sp³-hybridized carbons (Fsp3) is 0.438. The molecule has 3 N–H and O–H groups in total. The molecule has 0 saturated heterocycles. The molecule has 19 heavy (non-hydrogen) atoms. The number of carbonyl (C=O) groups is 1. The van der Waals surface area contributed by atoms with Gasteiger partial charge in [-0.1, -0.05) is 25.7 Å². The van der Waals surface area contributed by atoms with Gasteiger partial charge in [0.1, 0.15) is 0 Å². The number of carbonyl (C=O) groups excluding carboxylic acids is 1. The highest BCUT2D eigenvalue weighted by Gasteiger charge is 2.39. The van der Waals surface area contributed by atoms with Crippen molar-refractivity contribution in [2.45, 2.75) is 26.7 Å². The highest BCUT2D eigenvalue weighted by atomic mass is 16.2. The molecule has 2 unspecified atom stereocenters. The summed E-state index contributed by atoms with van der Waals surface area (Å²) in [5.41, 5.74) is 8.33. The van der Waals surface area contributed by atoms with E-state index in [2.05, 4.69) is 31.0 Å². The van der Waals surface area contributed by atoms with Crippen LogP contribution in [0.25, 0.3) is 0 Å². The van der Waals surface area contributed by atoms with E-state index in [0.717, 1.165) is 29.7 Å². The first kappa shape index (κ1) is 13.6. The summed E-state index contributed by atoms with van der Waals surface area (Å²) >= 11 is 0. The second-order valence-corrected chi connectivity index (χ2v) is 5.04. The summed E-state index contributed by atoms with van der Waals surface area (Å²) in [5.74, 6) is 6.72. The van der Waals surface area contributed by atoms with Crippen molar-refractivity contribution >= 4 is 11.6 Å². The van der Waals surface area contributed by atoms with Crippen molar-refractivity contribution in [3.05, 3.63) is 29.3 Å². The molecule has 0 aromatic heterocycles. The molecule has 100 valence electrons. The van der Waals surface area contributed by atoms with E-state index in [1.54, 1.807) is 0 Å². The number of aryl methyl sites for hydroxylation is 1. The summed E-state index contributed by atoms with van der Waals surface area (Å²) < 4.78 is 0. The monoisotopic (exact) mass is 256 g/mol. The molecule has 3 nitrogen and oxygen atoms in total. The van der Waals surface area contributed by atoms with Crippen molar-refractivity contribution in [1.82, 2.24) is 0 Å². The number of benzene rings is 1. The molecule has 0 aliphatic heterocycles. The summed E-state index contributed by atoms with van der Waals surface area (Å²) in [7, 11) is 0. The van der Waals surface area contributed by atoms with E-state index < -0.39 is 0 Å². The number of anilines is 1. The van der Waals surface area contributed by atoms with E-state index in [4.69, 9.17) is 5.73 Å². The molecule has 2 atom stereocenters. The maximum Gasteiger partial charge on any atom is 0.227 e. The summed E-state index contributed by atoms with van der Waals surface area (Å²) in [5, 5.41) is 3.03. The van der Waals surface area contributed by atoms with E-state index in [-0.39, 0.29) is 11.8 Å². The minimum absolute atomic E-state index is 0.142. The predicted octanol–water partition coefficient (Wildman–Crippen LogP) is 2.15. The first-order chi connectivity index (χ1) is 9.15. The van der Waals surface area contributed by atoms with Gasteiger partial charge in [-0.2, -0.15) is 0 Å². The SMILES string of the molecule is CCc1cc(C#CCN)ccc1NC(=O)C1CC1C. The lowest BCUT2D eigenvalue weighted by Gasteiger charge is -2.10. The van der Waals surface area contributed by atoms with Crippen molar-refractivity contribution in [1.29, 1.82) is 0 Å². The van der Waals surface area contributed by atoms with Crippen LogP contribution in [-0.2, 0) is 11.2 Å². The first-order valence-corrected chi connectivity index (χ1v) is 6.78. The molecule has 1 aromatic carbocycles. The summed E-state index contributed by atoms with van der Waals surface area (Å²) in [6, 6.07) is 5.88. The topological polar surface area (TPSA) is 55.1 Å². The zero-order chi connectivity index (χ0) is 13.8. The van der Waals surface area contributed by atoms with Crippen LogP contribution in [0, 0.1) is 23.7 Å². The van der Waals surface area contributed by atoms with Crippen LogP contribution >= 0.6 is 0 Å². The van der Waals surface area contributed by atoms with Gasteiger partial charge in [0.15, 0.2) is 0 Å². The zero-order valence-electron chi connectivity index (χ0n) is 11.5. The maximum absolute atomic E-state index is 12.0. The van der Waals surface area contributed by atoms with Gasteiger partial charge in [-0.15, -0.1) is 0 Å². The number of rotatable bonds is 3. The minimum atomic E-state index is 0.142. The van der Waals surface area contributed by atoms with E-state index >= 15 is 0 Å². The summed E-state index contributed by atoms with van der Waals surface area (Å²) in [4.78, 5) is 12.0. The molecule has 1 aromatic rings. The van der Waals surface area contributed by atoms with Crippen LogP contribution in [0.1, 0.15) is 31.4 Å². The smallest absolute Gasteiger partial charge is 0.227 e. The van der Waals surface area contributed by atoms with Gasteiger partial charge in [-0.3, -0.25) is 4.79 Å². The lowest BCUT2D eigenvalue weighted by molar-refractivity contribution is -0.117. The van der Waals surface area contributed by atoms with Crippen molar-refractivity contribution in [2.24, 2.45) is 17.6 Å². The van der Waals surface area contributed by atoms with Crippen molar-refractivity contribution < 1.29 is 4.79 Å². The number of amides is 1. The average molecular weight is 256 g/mol. The largest absolute Gasteiger partial charge is 0.326 e. The molecule has 1 saturated carbocycles. The molecule has 3 heteroatoms. The van der Waals surface area contributed by atoms with Crippen molar-refractivity contribution in [3.8, 4) is 11.8 Å². The van der Waals surface area contributed by atoms with Gasteiger partial charge in [-0.05, 0) is 42.5 Å². The molecule has 2 rings (SSSR count). The Morgan fingerprint density at radius 1 is 1.53 bits per heavy atom. The van der Waals surface area contributed by atoms with E-state index in [1.807, 2.05) is 18.2 Å². The van der Waals surface area contributed by atoms with Crippen LogP contribution in [0.15, 0.2) is 18.2 Å². The standard InChI is InChI=1S/C16H20N2O/c1-3-13-10-12(5-4-8-17)6-7-15(13)18-16(19)14-9-11(14)2/h6-7,10-11,14H,3,8-9,17H2,1-2H3,(H,18,19). The first-order valence-electron chi connectivity index (χ1n) is 6.78. The normalized spacial score (nSPS) is 20.4. The highest BCUT2D eigenvalue weighted by Crippen LogP contribution is 2.38. The van der Waals surface area contributed by atoms with Gasteiger partial charge in [0.2, 0.25) is 5.91 Å². The van der Waals surface area contributed by atoms with Crippen LogP contribution < -0.4 is 11.1 Å². The number of nitrogens with two attached hydrogens (primary N) is 1. The molecule has 0 radical (unpaired) electrons. The van der Waals surface area contributed by atoms with Crippen LogP contribution in [0.5, 0.6) is 0 Å². The Bertz CT molecular complexity index is 539. The molecule has 0 spiro atoms. The average Bonchev–Trinajstić information content (AvgIpc) is 3.14. The lowest BCUT2D eigenvalue weighted by Crippen LogP contribution is -2.15. The molecule has 1 amide bonds. The van der Waals surface area contributed by atoms with Gasteiger partial charge >= 0.3 is 0 Å². The number of hydrogen-bond acceptors (Lipinski definition) is 2. The highest BCUT2D eigenvalue weighted by molar-refractivity contribution is 5.95. The fourth-order valence-electron chi connectivity index (χ4n) is 2.15. The van der Waals surface area contributed by atoms with Gasteiger partial charge in [0.05, 0.1) is 6.54 Å². The Kier molecular flexibility index (Phi) is 4.24. The summed E-state index contributed by atoms with van der Waals surface area (Å²) in [6.45, 7) is 4.54. The third kappa shape index (κ3) is 3.36. The van der Waals surface area contributed by atoms with E-state index in [9.17, 15) is 4.79 Å². The number of nitrogens with one attached hydrogen (secondary N) is 1. The second-order valence-electron chi connectivity index (χ2n) is 5.04. The Labute approximate surface area is 114 Å². The van der Waals surface area contributed by atoms with Crippen LogP contribution in [-0.4, -0.2) is 12.5 Å². The Morgan fingerprint density at radius 3 is 2.84 bits per heavy atom. The quantitative estimate of drug-likeness (QED) is 0.814. The summed E-state index contributed by atoms with van der Waals surface area (Å²) in [6.07, 6.45) is 1.88. The van der Waals surface area contributed by atoms with Gasteiger partial charge in [0.25, 0.3) is 0 Å². The molecular formula is C16H20N2O. The van der Waals surface area contributed by atoms with Gasteiger partial charge in [0, 0.05) is 17.2 Å². The molecular weight excluding hydrogens is 236 g/mol.